The summed E-state index contributed by atoms with van der Waals surface area (Å²) in [6.07, 6.45) is 4.13. The van der Waals surface area contributed by atoms with Gasteiger partial charge >= 0.3 is 0 Å². The molecule has 1 aromatic heterocycles. The molecule has 23 heavy (non-hydrogen) atoms. The Morgan fingerprint density at radius 2 is 2.00 bits per heavy atom. The maximum Gasteiger partial charge on any atom is 0.270 e. The molecule has 0 fully saturated rings. The molecule has 1 aliphatic rings. The van der Waals surface area contributed by atoms with Crippen LogP contribution in [0.15, 0.2) is 36.4 Å². The summed E-state index contributed by atoms with van der Waals surface area (Å²) in [5.41, 5.74) is 2.67. The SMILES string of the molecule is CC(C)N(C)C(=O)c1cc2c([nH]1)N(c1ccc(Cl)cc1)CC=C2. The number of amides is 1. The van der Waals surface area contributed by atoms with E-state index in [1.165, 1.54) is 0 Å². The van der Waals surface area contributed by atoms with Crippen molar-refractivity contribution in [2.45, 2.75) is 19.9 Å². The highest BCUT2D eigenvalue weighted by Crippen LogP contribution is 2.33. The van der Waals surface area contributed by atoms with Crippen LogP contribution in [0.1, 0.15) is 29.9 Å². The highest BCUT2D eigenvalue weighted by atomic mass is 35.5. The minimum atomic E-state index is -0.00106. The number of fused-ring (bicyclic) bond motifs is 1. The summed E-state index contributed by atoms with van der Waals surface area (Å²) in [7, 11) is 1.82. The molecule has 4 nitrogen and oxygen atoms in total. The molecular weight excluding hydrogens is 310 g/mol. The van der Waals surface area contributed by atoms with Gasteiger partial charge in [-0.3, -0.25) is 4.79 Å². The van der Waals surface area contributed by atoms with E-state index in [1.54, 1.807) is 4.90 Å². The van der Waals surface area contributed by atoms with E-state index < -0.39 is 0 Å². The van der Waals surface area contributed by atoms with E-state index in [-0.39, 0.29) is 11.9 Å². The zero-order valence-electron chi connectivity index (χ0n) is 13.5. The van der Waals surface area contributed by atoms with Gasteiger partial charge in [0.1, 0.15) is 11.5 Å². The van der Waals surface area contributed by atoms with Crippen molar-refractivity contribution in [3.8, 4) is 0 Å². The van der Waals surface area contributed by atoms with Gasteiger partial charge in [-0.2, -0.15) is 0 Å². The van der Waals surface area contributed by atoms with Crippen molar-refractivity contribution >= 4 is 35.1 Å². The lowest BCUT2D eigenvalue weighted by Gasteiger charge is -2.26. The monoisotopic (exact) mass is 329 g/mol. The van der Waals surface area contributed by atoms with Gasteiger partial charge in [0.25, 0.3) is 5.91 Å². The first-order valence-electron chi connectivity index (χ1n) is 7.67. The third-order valence-electron chi connectivity index (χ3n) is 4.15. The number of rotatable bonds is 3. The normalized spacial score (nSPS) is 13.3. The van der Waals surface area contributed by atoms with Crippen LogP contribution in [-0.4, -0.2) is 35.4 Å². The topological polar surface area (TPSA) is 39.3 Å². The molecule has 0 aliphatic carbocycles. The van der Waals surface area contributed by atoms with Gasteiger partial charge in [-0.05, 0) is 44.2 Å². The first-order chi connectivity index (χ1) is 11.0. The standard InChI is InChI=1S/C18H20ClN3O/c1-12(2)21(3)18(23)16-11-13-5-4-10-22(17(13)20-16)15-8-6-14(19)7-9-15/h4-9,11-12,20H,10H2,1-3H3. The molecule has 0 unspecified atom stereocenters. The van der Waals surface area contributed by atoms with Crippen LogP contribution in [0.5, 0.6) is 0 Å². The molecule has 0 radical (unpaired) electrons. The van der Waals surface area contributed by atoms with Gasteiger partial charge < -0.3 is 14.8 Å². The van der Waals surface area contributed by atoms with Gasteiger partial charge in [0.2, 0.25) is 0 Å². The largest absolute Gasteiger partial charge is 0.338 e. The van der Waals surface area contributed by atoms with Gasteiger partial charge in [-0.15, -0.1) is 0 Å². The summed E-state index contributed by atoms with van der Waals surface area (Å²) in [6.45, 7) is 4.75. The molecule has 0 spiro atoms. The van der Waals surface area contributed by atoms with E-state index in [9.17, 15) is 4.79 Å². The van der Waals surface area contributed by atoms with Crippen molar-refractivity contribution in [1.82, 2.24) is 9.88 Å². The lowest BCUT2D eigenvalue weighted by Crippen LogP contribution is -2.33. The van der Waals surface area contributed by atoms with Crippen molar-refractivity contribution in [3.05, 3.63) is 52.7 Å². The first kappa shape index (κ1) is 15.7. The lowest BCUT2D eigenvalue weighted by molar-refractivity contribution is 0.0750. The zero-order valence-corrected chi connectivity index (χ0v) is 14.3. The van der Waals surface area contributed by atoms with Crippen molar-refractivity contribution in [2.75, 3.05) is 18.5 Å². The van der Waals surface area contributed by atoms with Crippen LogP contribution >= 0.6 is 11.6 Å². The zero-order chi connectivity index (χ0) is 16.6. The van der Waals surface area contributed by atoms with Gasteiger partial charge in [0, 0.05) is 35.9 Å². The number of hydrogen-bond acceptors (Lipinski definition) is 2. The van der Waals surface area contributed by atoms with Crippen molar-refractivity contribution in [3.63, 3.8) is 0 Å². The molecule has 0 saturated heterocycles. The fourth-order valence-electron chi connectivity index (χ4n) is 2.58. The fraction of sp³-hybridized carbons (Fsp3) is 0.278. The van der Waals surface area contributed by atoms with Gasteiger partial charge in [-0.25, -0.2) is 0 Å². The summed E-state index contributed by atoms with van der Waals surface area (Å²) < 4.78 is 0. The van der Waals surface area contributed by atoms with Gasteiger partial charge in [-0.1, -0.05) is 23.8 Å². The molecule has 0 saturated carbocycles. The van der Waals surface area contributed by atoms with E-state index in [0.29, 0.717) is 10.7 Å². The number of carbonyl (C=O) groups excluding carboxylic acids is 1. The molecular formula is C18H20ClN3O. The predicted octanol–water partition coefficient (Wildman–Crippen LogP) is 4.31. The second kappa shape index (κ2) is 6.13. The summed E-state index contributed by atoms with van der Waals surface area (Å²) in [4.78, 5) is 19.7. The van der Waals surface area contributed by atoms with E-state index >= 15 is 0 Å². The lowest BCUT2D eigenvalue weighted by atomic mass is 10.1. The predicted molar refractivity (Wildman–Crippen MR) is 95.5 cm³/mol. The van der Waals surface area contributed by atoms with Crippen LogP contribution in [0.4, 0.5) is 11.5 Å². The second-order valence-corrected chi connectivity index (χ2v) is 6.42. The van der Waals surface area contributed by atoms with Gasteiger partial charge in [0.15, 0.2) is 0 Å². The van der Waals surface area contributed by atoms with Crippen molar-refractivity contribution in [1.29, 1.82) is 0 Å². The van der Waals surface area contributed by atoms with Crippen molar-refractivity contribution < 1.29 is 4.79 Å². The summed E-state index contributed by atoms with van der Waals surface area (Å²) in [5, 5.41) is 0.711. The molecule has 1 amide bonds. The minimum absolute atomic E-state index is 0.00106. The van der Waals surface area contributed by atoms with Crippen LogP contribution in [0.3, 0.4) is 0 Å². The smallest absolute Gasteiger partial charge is 0.270 e. The Morgan fingerprint density at radius 3 is 2.65 bits per heavy atom. The Bertz CT molecular complexity index is 746. The fourth-order valence-corrected chi connectivity index (χ4v) is 2.71. The Morgan fingerprint density at radius 1 is 1.30 bits per heavy atom. The molecule has 2 aromatic rings. The van der Waals surface area contributed by atoms with Crippen LogP contribution in [0.25, 0.3) is 6.08 Å². The number of aromatic nitrogens is 1. The number of H-pyrrole nitrogens is 1. The highest BCUT2D eigenvalue weighted by Gasteiger charge is 2.22. The summed E-state index contributed by atoms with van der Waals surface area (Å²) >= 11 is 5.97. The molecule has 120 valence electrons. The van der Waals surface area contributed by atoms with E-state index in [0.717, 1.165) is 23.6 Å². The molecule has 1 aliphatic heterocycles. The number of aromatic amines is 1. The third kappa shape index (κ3) is 2.99. The number of nitrogens with one attached hydrogen (secondary N) is 1. The Kier molecular flexibility index (Phi) is 4.18. The molecule has 2 heterocycles. The quantitative estimate of drug-likeness (QED) is 0.911. The number of anilines is 2. The Hall–Kier alpha value is -2.20. The molecule has 5 heteroatoms. The minimum Gasteiger partial charge on any atom is -0.338 e. The maximum absolute atomic E-state index is 12.5. The summed E-state index contributed by atoms with van der Waals surface area (Å²) in [6, 6.07) is 9.77. The van der Waals surface area contributed by atoms with E-state index in [1.807, 2.05) is 57.3 Å². The number of hydrogen-bond donors (Lipinski definition) is 1. The highest BCUT2D eigenvalue weighted by molar-refractivity contribution is 6.30. The molecule has 1 N–H and O–H groups in total. The average molecular weight is 330 g/mol. The van der Waals surface area contributed by atoms with Crippen LogP contribution in [-0.2, 0) is 0 Å². The second-order valence-electron chi connectivity index (χ2n) is 5.99. The molecule has 0 atom stereocenters. The average Bonchev–Trinajstić information content (AvgIpc) is 2.98. The molecule has 0 bridgehead atoms. The van der Waals surface area contributed by atoms with Crippen LogP contribution in [0, 0.1) is 0 Å². The van der Waals surface area contributed by atoms with E-state index in [4.69, 9.17) is 11.6 Å². The van der Waals surface area contributed by atoms with E-state index in [2.05, 4.69) is 16.0 Å². The maximum atomic E-state index is 12.5. The van der Waals surface area contributed by atoms with Crippen LogP contribution in [0.2, 0.25) is 5.02 Å². The molecule has 3 rings (SSSR count). The Balaban J connectivity index is 1.95. The number of benzene rings is 1. The molecule has 1 aromatic carbocycles. The van der Waals surface area contributed by atoms with Crippen LogP contribution < -0.4 is 4.90 Å². The van der Waals surface area contributed by atoms with Gasteiger partial charge in [0.05, 0.1) is 0 Å². The number of halogens is 1. The Labute approximate surface area is 141 Å². The first-order valence-corrected chi connectivity index (χ1v) is 8.05. The summed E-state index contributed by atoms with van der Waals surface area (Å²) in [5.74, 6) is 0.939. The third-order valence-corrected chi connectivity index (χ3v) is 4.40. The number of carbonyl (C=O) groups is 1. The van der Waals surface area contributed by atoms with Crippen molar-refractivity contribution in [2.24, 2.45) is 0 Å². The number of nitrogens with zero attached hydrogens (tertiary/aromatic N) is 2.